The number of rotatable bonds is 6. The van der Waals surface area contributed by atoms with Crippen molar-refractivity contribution in [1.29, 1.82) is 0 Å². The molecule has 3 rings (SSSR count). The van der Waals surface area contributed by atoms with Crippen molar-refractivity contribution >= 4 is 17.2 Å². The van der Waals surface area contributed by atoms with Gasteiger partial charge in [0.1, 0.15) is 5.75 Å². The number of amides is 1. The molecule has 3 aromatic rings. The molecular weight excluding hydrogens is 338 g/mol. The number of nitrogens with one attached hydrogen (secondary N) is 1. The van der Waals surface area contributed by atoms with Crippen LogP contribution in [0.2, 0.25) is 0 Å². The molecule has 1 amide bonds. The predicted molar refractivity (Wildman–Crippen MR) is 107 cm³/mol. The molecule has 1 N–H and O–H groups in total. The Morgan fingerprint density at radius 3 is 2.44 bits per heavy atom. The van der Waals surface area contributed by atoms with Crippen LogP contribution in [0.5, 0.6) is 11.6 Å². The molecule has 0 spiro atoms. The van der Waals surface area contributed by atoms with Crippen LogP contribution in [0.1, 0.15) is 25.0 Å². The third-order valence-electron chi connectivity index (χ3n) is 4.05. The molecule has 1 heterocycles. The first-order chi connectivity index (χ1) is 13.1. The lowest BCUT2D eigenvalue weighted by molar-refractivity contribution is -0.111. The fourth-order valence-electron chi connectivity index (χ4n) is 2.53. The number of benzene rings is 2. The lowest BCUT2D eigenvalue weighted by Gasteiger charge is -2.07. The molecule has 1 aromatic heterocycles. The van der Waals surface area contributed by atoms with Gasteiger partial charge in [-0.25, -0.2) is 4.98 Å². The lowest BCUT2D eigenvalue weighted by Crippen LogP contribution is -2.08. The van der Waals surface area contributed by atoms with Crippen molar-refractivity contribution in [3.05, 3.63) is 84.3 Å². The minimum atomic E-state index is -0.172. The molecule has 5 nitrogen and oxygen atoms in total. The zero-order chi connectivity index (χ0) is 19.1. The van der Waals surface area contributed by atoms with Crippen molar-refractivity contribution in [3.8, 4) is 11.6 Å². The van der Waals surface area contributed by atoms with E-state index < -0.39 is 0 Å². The standard InChI is InChI=1S/C22H21N3O2/c1-3-17-4-6-18(7-5-17)16(2)14-21(26)25-19-8-10-20(11-9-19)27-22-15-23-12-13-24-22/h4-15H,3H2,1-2H3,(H,25,26)/b16-14+. The Morgan fingerprint density at radius 2 is 1.81 bits per heavy atom. The number of aromatic nitrogens is 2. The van der Waals surface area contributed by atoms with E-state index in [1.165, 1.54) is 11.8 Å². The van der Waals surface area contributed by atoms with Crippen molar-refractivity contribution in [2.24, 2.45) is 0 Å². The fraction of sp³-hybridized carbons (Fsp3) is 0.136. The molecule has 0 fully saturated rings. The Hall–Kier alpha value is -3.47. The average molecular weight is 359 g/mol. The predicted octanol–water partition coefficient (Wildman–Crippen LogP) is 4.87. The highest BCUT2D eigenvalue weighted by Crippen LogP contribution is 2.21. The van der Waals surface area contributed by atoms with Crippen LogP contribution < -0.4 is 10.1 Å². The van der Waals surface area contributed by atoms with E-state index in [0.29, 0.717) is 17.3 Å². The quantitative estimate of drug-likeness (QED) is 0.638. The summed E-state index contributed by atoms with van der Waals surface area (Å²) in [6.07, 6.45) is 7.29. The van der Waals surface area contributed by atoms with Gasteiger partial charge in [0.05, 0.1) is 6.20 Å². The molecule has 0 atom stereocenters. The number of ether oxygens (including phenoxy) is 1. The third kappa shape index (κ3) is 5.25. The molecule has 0 aliphatic heterocycles. The summed E-state index contributed by atoms with van der Waals surface area (Å²) in [5.74, 6) is 0.868. The van der Waals surface area contributed by atoms with Crippen LogP contribution in [0.4, 0.5) is 5.69 Å². The monoisotopic (exact) mass is 359 g/mol. The molecule has 0 aliphatic rings. The van der Waals surface area contributed by atoms with Gasteiger partial charge < -0.3 is 10.1 Å². The highest BCUT2D eigenvalue weighted by atomic mass is 16.5. The van der Waals surface area contributed by atoms with Crippen LogP contribution in [0, 0.1) is 0 Å². The maximum absolute atomic E-state index is 12.3. The number of hydrogen-bond donors (Lipinski definition) is 1. The van der Waals surface area contributed by atoms with Crippen molar-refractivity contribution in [2.45, 2.75) is 20.3 Å². The van der Waals surface area contributed by atoms with Crippen LogP contribution in [0.15, 0.2) is 73.2 Å². The highest BCUT2D eigenvalue weighted by Gasteiger charge is 2.03. The summed E-state index contributed by atoms with van der Waals surface area (Å²) >= 11 is 0. The minimum absolute atomic E-state index is 0.172. The average Bonchev–Trinajstić information content (AvgIpc) is 2.70. The maximum Gasteiger partial charge on any atom is 0.248 e. The van der Waals surface area contributed by atoms with Crippen LogP contribution in [-0.4, -0.2) is 15.9 Å². The number of anilines is 1. The lowest BCUT2D eigenvalue weighted by atomic mass is 10.0. The Kier molecular flexibility index (Phi) is 5.94. The van der Waals surface area contributed by atoms with E-state index in [9.17, 15) is 4.79 Å². The van der Waals surface area contributed by atoms with Crippen molar-refractivity contribution in [3.63, 3.8) is 0 Å². The first-order valence-corrected chi connectivity index (χ1v) is 8.76. The summed E-state index contributed by atoms with van der Waals surface area (Å²) < 4.78 is 5.58. The second-order valence-electron chi connectivity index (χ2n) is 6.04. The summed E-state index contributed by atoms with van der Waals surface area (Å²) in [4.78, 5) is 20.3. The van der Waals surface area contributed by atoms with Gasteiger partial charge in [0, 0.05) is 24.2 Å². The highest BCUT2D eigenvalue weighted by molar-refractivity contribution is 6.03. The number of allylic oxidation sites excluding steroid dienone is 1. The Labute approximate surface area is 158 Å². The van der Waals surface area contributed by atoms with Gasteiger partial charge in [-0.2, -0.15) is 0 Å². The molecule has 0 saturated heterocycles. The molecule has 0 unspecified atom stereocenters. The van der Waals surface area contributed by atoms with E-state index in [-0.39, 0.29) is 5.91 Å². The van der Waals surface area contributed by atoms with E-state index >= 15 is 0 Å². The van der Waals surface area contributed by atoms with E-state index in [2.05, 4.69) is 34.3 Å². The topological polar surface area (TPSA) is 64.1 Å². The summed E-state index contributed by atoms with van der Waals surface area (Å²) in [7, 11) is 0. The van der Waals surface area contributed by atoms with Gasteiger partial charge in [0.15, 0.2) is 0 Å². The number of hydrogen-bond acceptors (Lipinski definition) is 4. The molecule has 0 radical (unpaired) electrons. The SMILES string of the molecule is CCc1ccc(/C(C)=C/C(=O)Nc2ccc(Oc3cnccn3)cc2)cc1. The second kappa shape index (κ2) is 8.76. The van der Waals surface area contributed by atoms with Crippen molar-refractivity contribution in [1.82, 2.24) is 9.97 Å². The normalized spacial score (nSPS) is 11.1. The van der Waals surface area contributed by atoms with Gasteiger partial charge in [0.25, 0.3) is 0 Å². The van der Waals surface area contributed by atoms with Crippen molar-refractivity contribution in [2.75, 3.05) is 5.32 Å². The van der Waals surface area contributed by atoms with E-state index in [1.54, 1.807) is 42.7 Å². The molecule has 2 aromatic carbocycles. The van der Waals surface area contributed by atoms with E-state index in [1.807, 2.05) is 19.1 Å². The maximum atomic E-state index is 12.3. The zero-order valence-corrected chi connectivity index (χ0v) is 15.3. The minimum Gasteiger partial charge on any atom is -0.438 e. The van der Waals surface area contributed by atoms with Crippen LogP contribution in [0.3, 0.4) is 0 Å². The van der Waals surface area contributed by atoms with Gasteiger partial charge in [-0.1, -0.05) is 31.2 Å². The molecule has 0 saturated carbocycles. The Bertz CT molecular complexity index is 918. The van der Waals surface area contributed by atoms with Gasteiger partial charge >= 0.3 is 0 Å². The second-order valence-corrected chi connectivity index (χ2v) is 6.04. The van der Waals surface area contributed by atoms with E-state index in [4.69, 9.17) is 4.74 Å². The Balaban J connectivity index is 1.61. The summed E-state index contributed by atoms with van der Waals surface area (Å²) in [6.45, 7) is 4.05. The molecule has 136 valence electrons. The molecule has 0 bridgehead atoms. The van der Waals surface area contributed by atoms with Gasteiger partial charge in [0.2, 0.25) is 11.8 Å². The smallest absolute Gasteiger partial charge is 0.248 e. The third-order valence-corrected chi connectivity index (χ3v) is 4.05. The summed E-state index contributed by atoms with van der Waals surface area (Å²) in [5, 5.41) is 2.86. The fourth-order valence-corrected chi connectivity index (χ4v) is 2.53. The van der Waals surface area contributed by atoms with Gasteiger partial charge in [-0.05, 0) is 54.3 Å². The van der Waals surface area contributed by atoms with Gasteiger partial charge in [-0.15, -0.1) is 0 Å². The largest absolute Gasteiger partial charge is 0.438 e. The molecule has 0 aliphatic carbocycles. The first-order valence-electron chi connectivity index (χ1n) is 8.76. The Morgan fingerprint density at radius 1 is 1.07 bits per heavy atom. The molecule has 27 heavy (non-hydrogen) atoms. The van der Waals surface area contributed by atoms with Crippen LogP contribution in [0.25, 0.3) is 5.57 Å². The van der Waals surface area contributed by atoms with Crippen LogP contribution >= 0.6 is 0 Å². The number of carbonyl (C=O) groups is 1. The van der Waals surface area contributed by atoms with Crippen LogP contribution in [-0.2, 0) is 11.2 Å². The number of carbonyl (C=O) groups excluding carboxylic acids is 1. The summed E-state index contributed by atoms with van der Waals surface area (Å²) in [6, 6.07) is 15.3. The van der Waals surface area contributed by atoms with Crippen molar-refractivity contribution < 1.29 is 9.53 Å². The molecular formula is C22H21N3O2. The zero-order valence-electron chi connectivity index (χ0n) is 15.3. The van der Waals surface area contributed by atoms with Gasteiger partial charge in [-0.3, -0.25) is 9.78 Å². The van der Waals surface area contributed by atoms with E-state index in [0.717, 1.165) is 17.6 Å². The summed E-state index contributed by atoms with van der Waals surface area (Å²) in [5.41, 5.74) is 3.92. The number of nitrogens with zero attached hydrogens (tertiary/aromatic N) is 2. The number of aryl methyl sites for hydroxylation is 1. The first kappa shape index (κ1) is 18.3. The molecule has 5 heteroatoms.